The van der Waals surface area contributed by atoms with Crippen molar-refractivity contribution in [1.82, 2.24) is 5.32 Å². The molecule has 0 aromatic heterocycles. The van der Waals surface area contributed by atoms with Crippen LogP contribution in [0.15, 0.2) is 0 Å². The van der Waals surface area contributed by atoms with Crippen LogP contribution in [0.5, 0.6) is 0 Å². The first-order chi connectivity index (χ1) is 4.34. The fourth-order valence-corrected chi connectivity index (χ4v) is 1.66. The number of hydrogen-bond donors (Lipinski definition) is 1. The smallest absolute Gasteiger partial charge is 0.00900 e. The highest BCUT2D eigenvalue weighted by Crippen LogP contribution is 2.16. The Kier molecular flexibility index (Phi) is 2.52. The predicted octanol–water partition coefficient (Wildman–Crippen LogP) is 1.78. The van der Waals surface area contributed by atoms with Gasteiger partial charge in [0.1, 0.15) is 0 Å². The first kappa shape index (κ1) is 7.07. The van der Waals surface area contributed by atoms with E-state index in [0.29, 0.717) is 0 Å². The van der Waals surface area contributed by atoms with Crippen LogP contribution in [0.25, 0.3) is 0 Å². The number of nitrogens with one attached hydrogen (secondary N) is 1. The summed E-state index contributed by atoms with van der Waals surface area (Å²) in [6, 6.07) is 0.804. The van der Waals surface area contributed by atoms with Crippen LogP contribution in [0.3, 0.4) is 0 Å². The Morgan fingerprint density at radius 3 is 2.78 bits per heavy atom. The van der Waals surface area contributed by atoms with E-state index in [1.165, 1.54) is 25.8 Å². The quantitative estimate of drug-likeness (QED) is 0.566. The molecule has 1 aliphatic rings. The van der Waals surface area contributed by atoms with Crippen LogP contribution in [-0.2, 0) is 0 Å². The molecular formula is C8H17N. The molecule has 1 N–H and O–H groups in total. The Bertz CT molecular complexity index is 80.6. The Balaban J connectivity index is 2.30. The molecule has 2 atom stereocenters. The molecule has 54 valence electrons. The number of piperidine rings is 1. The highest BCUT2D eigenvalue weighted by Gasteiger charge is 2.17. The van der Waals surface area contributed by atoms with Gasteiger partial charge in [-0.1, -0.05) is 13.8 Å². The minimum atomic E-state index is 0.804. The Morgan fingerprint density at radius 1 is 1.56 bits per heavy atom. The minimum Gasteiger partial charge on any atom is -0.314 e. The molecule has 0 aliphatic carbocycles. The average Bonchev–Trinajstić information content (AvgIpc) is 1.89. The molecule has 9 heavy (non-hydrogen) atoms. The van der Waals surface area contributed by atoms with Gasteiger partial charge in [0.2, 0.25) is 0 Å². The van der Waals surface area contributed by atoms with E-state index in [0.717, 1.165) is 12.0 Å². The zero-order chi connectivity index (χ0) is 6.69. The lowest BCUT2D eigenvalue weighted by Gasteiger charge is -2.28. The van der Waals surface area contributed by atoms with E-state index in [4.69, 9.17) is 0 Å². The van der Waals surface area contributed by atoms with Crippen LogP contribution >= 0.6 is 0 Å². The second kappa shape index (κ2) is 3.21. The fraction of sp³-hybridized carbons (Fsp3) is 1.00. The van der Waals surface area contributed by atoms with Gasteiger partial charge in [-0.3, -0.25) is 0 Å². The van der Waals surface area contributed by atoms with Crippen molar-refractivity contribution in [3.8, 4) is 0 Å². The monoisotopic (exact) mass is 127 g/mol. The molecule has 0 amide bonds. The fourth-order valence-electron chi connectivity index (χ4n) is 1.66. The lowest BCUT2D eigenvalue weighted by molar-refractivity contribution is 0.293. The van der Waals surface area contributed by atoms with Crippen LogP contribution < -0.4 is 5.32 Å². The van der Waals surface area contributed by atoms with E-state index >= 15 is 0 Å². The van der Waals surface area contributed by atoms with Gasteiger partial charge in [-0.05, 0) is 31.7 Å². The van der Waals surface area contributed by atoms with Crippen LogP contribution in [-0.4, -0.2) is 12.6 Å². The van der Waals surface area contributed by atoms with Crippen molar-refractivity contribution < 1.29 is 0 Å². The maximum Gasteiger partial charge on any atom is 0.00900 e. The van der Waals surface area contributed by atoms with Crippen LogP contribution in [0.1, 0.15) is 33.1 Å². The average molecular weight is 127 g/mol. The molecule has 1 aliphatic heterocycles. The summed E-state index contributed by atoms with van der Waals surface area (Å²) in [7, 11) is 0. The first-order valence-corrected chi connectivity index (χ1v) is 4.08. The molecule has 0 spiro atoms. The number of hydrogen-bond acceptors (Lipinski definition) is 1. The topological polar surface area (TPSA) is 12.0 Å². The van der Waals surface area contributed by atoms with E-state index in [1.54, 1.807) is 0 Å². The molecule has 0 aromatic rings. The molecule has 0 unspecified atom stereocenters. The van der Waals surface area contributed by atoms with Gasteiger partial charge in [0, 0.05) is 6.04 Å². The molecule has 1 heteroatoms. The van der Waals surface area contributed by atoms with Gasteiger partial charge < -0.3 is 5.32 Å². The molecule has 1 saturated heterocycles. The summed E-state index contributed by atoms with van der Waals surface area (Å²) >= 11 is 0. The number of rotatable bonds is 1. The standard InChI is InChI=1S/C8H17N/c1-3-8-7(2)5-4-6-9-8/h7-9H,3-6H2,1-2H3/t7-,8-/m0/s1. The molecule has 1 rings (SSSR count). The summed E-state index contributed by atoms with van der Waals surface area (Å²) in [5.41, 5.74) is 0. The summed E-state index contributed by atoms with van der Waals surface area (Å²) in [5.74, 6) is 0.906. The maximum atomic E-state index is 3.52. The summed E-state index contributed by atoms with van der Waals surface area (Å²) in [6.45, 7) is 5.85. The SMILES string of the molecule is CC[C@@H]1NCCC[C@@H]1C. The van der Waals surface area contributed by atoms with Gasteiger partial charge in [-0.15, -0.1) is 0 Å². The minimum absolute atomic E-state index is 0.804. The van der Waals surface area contributed by atoms with Crippen LogP contribution in [0, 0.1) is 5.92 Å². The predicted molar refractivity (Wildman–Crippen MR) is 40.5 cm³/mol. The second-order valence-electron chi connectivity index (χ2n) is 3.09. The van der Waals surface area contributed by atoms with Gasteiger partial charge >= 0.3 is 0 Å². The van der Waals surface area contributed by atoms with E-state index in [-0.39, 0.29) is 0 Å². The Morgan fingerprint density at radius 2 is 2.33 bits per heavy atom. The molecular weight excluding hydrogens is 110 g/mol. The van der Waals surface area contributed by atoms with Crippen molar-refractivity contribution in [2.24, 2.45) is 5.92 Å². The van der Waals surface area contributed by atoms with E-state index in [9.17, 15) is 0 Å². The summed E-state index contributed by atoms with van der Waals surface area (Å²) in [4.78, 5) is 0. The maximum absolute atomic E-state index is 3.52. The van der Waals surface area contributed by atoms with Crippen LogP contribution in [0.4, 0.5) is 0 Å². The van der Waals surface area contributed by atoms with Crippen molar-refractivity contribution >= 4 is 0 Å². The molecule has 1 heterocycles. The molecule has 1 nitrogen and oxygen atoms in total. The largest absolute Gasteiger partial charge is 0.314 e. The van der Waals surface area contributed by atoms with Gasteiger partial charge in [0.05, 0.1) is 0 Å². The molecule has 0 bridgehead atoms. The van der Waals surface area contributed by atoms with Gasteiger partial charge in [0.15, 0.2) is 0 Å². The summed E-state index contributed by atoms with van der Waals surface area (Å²) < 4.78 is 0. The van der Waals surface area contributed by atoms with E-state index in [1.807, 2.05) is 0 Å². The third-order valence-electron chi connectivity index (χ3n) is 2.37. The van der Waals surface area contributed by atoms with Crippen molar-refractivity contribution in [3.63, 3.8) is 0 Å². The third kappa shape index (κ3) is 1.68. The summed E-state index contributed by atoms with van der Waals surface area (Å²) in [5, 5.41) is 3.52. The van der Waals surface area contributed by atoms with Gasteiger partial charge in [-0.25, -0.2) is 0 Å². The van der Waals surface area contributed by atoms with Crippen molar-refractivity contribution in [2.45, 2.75) is 39.2 Å². The molecule has 0 radical (unpaired) electrons. The third-order valence-corrected chi connectivity index (χ3v) is 2.37. The van der Waals surface area contributed by atoms with Crippen molar-refractivity contribution in [1.29, 1.82) is 0 Å². The zero-order valence-corrected chi connectivity index (χ0v) is 6.48. The highest BCUT2D eigenvalue weighted by atomic mass is 14.9. The Labute approximate surface area is 57.8 Å². The van der Waals surface area contributed by atoms with E-state index < -0.39 is 0 Å². The second-order valence-corrected chi connectivity index (χ2v) is 3.09. The summed E-state index contributed by atoms with van der Waals surface area (Å²) in [6.07, 6.45) is 4.09. The lowest BCUT2D eigenvalue weighted by Crippen LogP contribution is -2.39. The Hall–Kier alpha value is -0.0400. The highest BCUT2D eigenvalue weighted by molar-refractivity contribution is 4.76. The normalized spacial score (nSPS) is 36.7. The molecule has 1 fully saturated rings. The van der Waals surface area contributed by atoms with Gasteiger partial charge in [0.25, 0.3) is 0 Å². The van der Waals surface area contributed by atoms with E-state index in [2.05, 4.69) is 19.2 Å². The zero-order valence-electron chi connectivity index (χ0n) is 6.48. The van der Waals surface area contributed by atoms with Crippen molar-refractivity contribution in [3.05, 3.63) is 0 Å². The molecule has 0 aromatic carbocycles. The first-order valence-electron chi connectivity index (χ1n) is 4.08. The van der Waals surface area contributed by atoms with Crippen molar-refractivity contribution in [2.75, 3.05) is 6.54 Å². The van der Waals surface area contributed by atoms with Gasteiger partial charge in [-0.2, -0.15) is 0 Å². The van der Waals surface area contributed by atoms with Crippen LogP contribution in [0.2, 0.25) is 0 Å². The lowest BCUT2D eigenvalue weighted by atomic mass is 9.91. The molecule has 0 saturated carbocycles.